The van der Waals surface area contributed by atoms with E-state index in [2.05, 4.69) is 13.0 Å². The minimum Gasteiger partial charge on any atom is -0.346 e. The number of carbonyl (C=O) groups excluding carboxylic acids is 1. The summed E-state index contributed by atoms with van der Waals surface area (Å²) in [5.41, 5.74) is 1.77. The van der Waals surface area contributed by atoms with Crippen molar-refractivity contribution in [3.8, 4) is 6.07 Å². The first-order chi connectivity index (χ1) is 11.1. The summed E-state index contributed by atoms with van der Waals surface area (Å²) in [6.07, 6.45) is 8.20. The van der Waals surface area contributed by atoms with Crippen LogP contribution in [0.15, 0.2) is 24.3 Å². The molecule has 1 unspecified atom stereocenters. The maximum absolute atomic E-state index is 12.4. The maximum atomic E-state index is 12.4. The van der Waals surface area contributed by atoms with E-state index in [1.54, 1.807) is 0 Å². The fourth-order valence-corrected chi connectivity index (χ4v) is 2.77. The molecule has 0 fully saturated rings. The number of nitriles is 1. The molecule has 1 aromatic carbocycles. The van der Waals surface area contributed by atoms with Gasteiger partial charge >= 0.3 is 0 Å². The van der Waals surface area contributed by atoms with Gasteiger partial charge in [-0.1, -0.05) is 58.1 Å². The van der Waals surface area contributed by atoms with Gasteiger partial charge in [-0.05, 0) is 30.5 Å². The Morgan fingerprint density at radius 3 is 2.35 bits per heavy atom. The summed E-state index contributed by atoms with van der Waals surface area (Å²) < 4.78 is 0. The van der Waals surface area contributed by atoms with Crippen molar-refractivity contribution in [1.82, 2.24) is 4.90 Å². The summed E-state index contributed by atoms with van der Waals surface area (Å²) in [7, 11) is 1.91. The van der Waals surface area contributed by atoms with Crippen molar-refractivity contribution in [2.45, 2.75) is 58.8 Å². The standard InChI is InChI=1S/C20H30N2O/c1-4-5-6-7-8-9-14-22(3)20(23)17(2)15-18-10-12-19(16-21)13-11-18/h10-13,17H,4-9,14-15H2,1-3H3. The molecular formula is C20H30N2O. The third kappa shape index (κ3) is 7.32. The van der Waals surface area contributed by atoms with Crippen LogP contribution in [0.3, 0.4) is 0 Å². The fraction of sp³-hybridized carbons (Fsp3) is 0.600. The molecule has 3 heteroatoms. The van der Waals surface area contributed by atoms with Gasteiger partial charge < -0.3 is 4.90 Å². The molecule has 0 saturated heterocycles. The van der Waals surface area contributed by atoms with Crippen LogP contribution < -0.4 is 0 Å². The van der Waals surface area contributed by atoms with E-state index in [1.807, 2.05) is 43.1 Å². The SMILES string of the molecule is CCCCCCCCN(C)C(=O)C(C)Cc1ccc(C#N)cc1. The lowest BCUT2D eigenvalue weighted by Crippen LogP contribution is -2.33. The first-order valence-electron chi connectivity index (χ1n) is 8.82. The van der Waals surface area contributed by atoms with Crippen molar-refractivity contribution >= 4 is 5.91 Å². The predicted molar refractivity (Wildman–Crippen MR) is 95.0 cm³/mol. The van der Waals surface area contributed by atoms with E-state index in [4.69, 9.17) is 5.26 Å². The normalized spacial score (nSPS) is 11.7. The molecule has 0 aromatic heterocycles. The largest absolute Gasteiger partial charge is 0.346 e. The van der Waals surface area contributed by atoms with Crippen LogP contribution >= 0.6 is 0 Å². The second kappa shape index (κ2) is 10.8. The van der Waals surface area contributed by atoms with Crippen molar-refractivity contribution in [3.63, 3.8) is 0 Å². The van der Waals surface area contributed by atoms with E-state index < -0.39 is 0 Å². The number of benzene rings is 1. The molecule has 0 aliphatic rings. The number of nitrogens with zero attached hydrogens (tertiary/aromatic N) is 2. The van der Waals surface area contributed by atoms with Crippen LogP contribution in [-0.2, 0) is 11.2 Å². The lowest BCUT2D eigenvalue weighted by atomic mass is 9.99. The van der Waals surface area contributed by atoms with Gasteiger partial charge in [0.2, 0.25) is 5.91 Å². The molecule has 0 bridgehead atoms. The molecule has 126 valence electrons. The number of rotatable bonds is 10. The number of unbranched alkanes of at least 4 members (excludes halogenated alkanes) is 5. The molecule has 0 spiro atoms. The molecule has 0 saturated carbocycles. The Balaban J connectivity index is 2.32. The lowest BCUT2D eigenvalue weighted by Gasteiger charge is -2.21. The van der Waals surface area contributed by atoms with Gasteiger partial charge in [-0.25, -0.2) is 0 Å². The highest BCUT2D eigenvalue weighted by atomic mass is 16.2. The molecule has 0 aliphatic heterocycles. The van der Waals surface area contributed by atoms with Crippen LogP contribution in [0.4, 0.5) is 0 Å². The number of hydrogen-bond donors (Lipinski definition) is 0. The minimum atomic E-state index is -0.0203. The Kier molecular flexibility index (Phi) is 9.05. The van der Waals surface area contributed by atoms with Crippen molar-refractivity contribution in [1.29, 1.82) is 5.26 Å². The molecule has 0 heterocycles. The number of amides is 1. The molecule has 0 radical (unpaired) electrons. The van der Waals surface area contributed by atoms with Crippen LogP contribution in [0.2, 0.25) is 0 Å². The Labute approximate surface area is 141 Å². The van der Waals surface area contributed by atoms with Gasteiger partial charge in [0, 0.05) is 19.5 Å². The summed E-state index contributed by atoms with van der Waals surface area (Å²) in [5.74, 6) is 0.191. The summed E-state index contributed by atoms with van der Waals surface area (Å²) in [6, 6.07) is 9.62. The summed E-state index contributed by atoms with van der Waals surface area (Å²) in [5, 5.41) is 8.81. The zero-order valence-electron chi connectivity index (χ0n) is 14.8. The first-order valence-corrected chi connectivity index (χ1v) is 8.82. The van der Waals surface area contributed by atoms with Gasteiger partial charge in [0.25, 0.3) is 0 Å². The highest BCUT2D eigenvalue weighted by molar-refractivity contribution is 5.78. The molecule has 1 aromatic rings. The summed E-state index contributed by atoms with van der Waals surface area (Å²) in [6.45, 7) is 5.06. The van der Waals surface area contributed by atoms with E-state index in [0.717, 1.165) is 24.9 Å². The van der Waals surface area contributed by atoms with Crippen molar-refractivity contribution in [3.05, 3.63) is 35.4 Å². The van der Waals surface area contributed by atoms with Crippen molar-refractivity contribution < 1.29 is 4.79 Å². The Bertz CT molecular complexity index is 501. The molecular weight excluding hydrogens is 284 g/mol. The zero-order chi connectivity index (χ0) is 17.1. The highest BCUT2D eigenvalue weighted by Gasteiger charge is 2.17. The topological polar surface area (TPSA) is 44.1 Å². The van der Waals surface area contributed by atoms with Crippen molar-refractivity contribution in [2.24, 2.45) is 5.92 Å². The van der Waals surface area contributed by atoms with Gasteiger partial charge in [0.05, 0.1) is 11.6 Å². The molecule has 1 rings (SSSR count). The Hall–Kier alpha value is -1.82. The van der Waals surface area contributed by atoms with Crippen molar-refractivity contribution in [2.75, 3.05) is 13.6 Å². The number of carbonyl (C=O) groups is 1. The van der Waals surface area contributed by atoms with Gasteiger partial charge in [-0.2, -0.15) is 5.26 Å². The molecule has 23 heavy (non-hydrogen) atoms. The van der Waals surface area contributed by atoms with E-state index >= 15 is 0 Å². The first kappa shape index (κ1) is 19.2. The molecule has 1 amide bonds. The van der Waals surface area contributed by atoms with Crippen LogP contribution in [-0.4, -0.2) is 24.4 Å². The van der Waals surface area contributed by atoms with Gasteiger partial charge in [-0.15, -0.1) is 0 Å². The predicted octanol–water partition coefficient (Wildman–Crippen LogP) is 4.56. The van der Waals surface area contributed by atoms with Gasteiger partial charge in [0.15, 0.2) is 0 Å². The zero-order valence-corrected chi connectivity index (χ0v) is 14.8. The quantitative estimate of drug-likeness (QED) is 0.594. The lowest BCUT2D eigenvalue weighted by molar-refractivity contribution is -0.133. The molecule has 3 nitrogen and oxygen atoms in total. The Morgan fingerprint density at radius 1 is 1.13 bits per heavy atom. The third-order valence-corrected chi connectivity index (χ3v) is 4.27. The number of hydrogen-bond acceptors (Lipinski definition) is 2. The van der Waals surface area contributed by atoms with E-state index in [-0.39, 0.29) is 11.8 Å². The van der Waals surface area contributed by atoms with Gasteiger partial charge in [0.1, 0.15) is 0 Å². The minimum absolute atomic E-state index is 0.0203. The molecule has 0 aliphatic carbocycles. The van der Waals surface area contributed by atoms with Crippen LogP contribution in [0, 0.1) is 17.2 Å². The summed E-state index contributed by atoms with van der Waals surface area (Å²) in [4.78, 5) is 14.3. The second-order valence-electron chi connectivity index (χ2n) is 6.44. The molecule has 0 N–H and O–H groups in total. The van der Waals surface area contributed by atoms with E-state index in [0.29, 0.717) is 5.56 Å². The van der Waals surface area contributed by atoms with E-state index in [9.17, 15) is 4.79 Å². The van der Waals surface area contributed by atoms with Crippen LogP contribution in [0.25, 0.3) is 0 Å². The monoisotopic (exact) mass is 314 g/mol. The van der Waals surface area contributed by atoms with Crippen LogP contribution in [0.1, 0.15) is 63.5 Å². The van der Waals surface area contributed by atoms with Crippen LogP contribution in [0.5, 0.6) is 0 Å². The smallest absolute Gasteiger partial charge is 0.225 e. The highest BCUT2D eigenvalue weighted by Crippen LogP contribution is 2.13. The summed E-state index contributed by atoms with van der Waals surface area (Å²) >= 11 is 0. The molecule has 1 atom stereocenters. The second-order valence-corrected chi connectivity index (χ2v) is 6.44. The fourth-order valence-electron chi connectivity index (χ4n) is 2.77. The average Bonchev–Trinajstić information content (AvgIpc) is 2.57. The maximum Gasteiger partial charge on any atom is 0.225 e. The Morgan fingerprint density at radius 2 is 1.74 bits per heavy atom. The third-order valence-electron chi connectivity index (χ3n) is 4.27. The average molecular weight is 314 g/mol. The van der Waals surface area contributed by atoms with Gasteiger partial charge in [-0.3, -0.25) is 4.79 Å². The van der Waals surface area contributed by atoms with E-state index in [1.165, 1.54) is 32.1 Å².